The number of azo groups is 1. The molecule has 2 bridgehead atoms. The van der Waals surface area contributed by atoms with Crippen molar-refractivity contribution >= 4 is 23.0 Å². The van der Waals surface area contributed by atoms with E-state index in [9.17, 15) is 5.11 Å². The van der Waals surface area contributed by atoms with E-state index in [-0.39, 0.29) is 11.2 Å². The summed E-state index contributed by atoms with van der Waals surface area (Å²) in [4.78, 5) is 6.54. The molecule has 1 saturated heterocycles. The van der Waals surface area contributed by atoms with Crippen LogP contribution in [0.15, 0.2) is 82.5 Å². The number of benzene rings is 2. The smallest absolute Gasteiger partial charge is 0.153 e. The quantitative estimate of drug-likeness (QED) is 0.279. The highest BCUT2D eigenvalue weighted by molar-refractivity contribution is 5.60. The van der Waals surface area contributed by atoms with Gasteiger partial charge in [0.15, 0.2) is 5.82 Å². The predicted molar refractivity (Wildman–Crippen MR) is 151 cm³/mol. The van der Waals surface area contributed by atoms with Gasteiger partial charge in [-0.2, -0.15) is 5.11 Å². The van der Waals surface area contributed by atoms with Crippen LogP contribution >= 0.6 is 0 Å². The van der Waals surface area contributed by atoms with Crippen molar-refractivity contribution in [2.24, 2.45) is 16.1 Å². The predicted octanol–water partition coefficient (Wildman–Crippen LogP) is 6.54. The van der Waals surface area contributed by atoms with E-state index in [0.717, 1.165) is 25.2 Å². The molecule has 0 spiro atoms. The molecule has 1 aromatic heterocycles. The standard InChI is InChI=1S/C19H27NO.C11H11N5/c1-13(2)7-9-20-10-8-19(4)14(3)18(20)11-15-5-6-16(21)12-17(15)19;12-10-7-6-9(11(13)14-10)16-15-8-4-2-1-3-5-8/h5-7,12,14,18,21H,8-11H2,1-4H3;1-7H,(H4,12,13,14)/b;16-15+/t14-,18+,19+;/m0./s1. The van der Waals surface area contributed by atoms with Gasteiger partial charge in [0.25, 0.3) is 0 Å². The first-order valence-corrected chi connectivity index (χ1v) is 12.9. The summed E-state index contributed by atoms with van der Waals surface area (Å²) in [5, 5.41) is 17.9. The fourth-order valence-electron chi connectivity index (χ4n) is 5.40. The summed E-state index contributed by atoms with van der Waals surface area (Å²) in [6.45, 7) is 11.4. The summed E-state index contributed by atoms with van der Waals surface area (Å²) in [6.07, 6.45) is 4.64. The molecular weight excluding hydrogens is 460 g/mol. The number of phenols is 1. The summed E-state index contributed by atoms with van der Waals surface area (Å²) in [6, 6.07) is 19.3. The number of hydrogen-bond acceptors (Lipinski definition) is 7. The molecule has 7 heteroatoms. The average molecular weight is 499 g/mol. The van der Waals surface area contributed by atoms with Crippen molar-refractivity contribution in [1.82, 2.24) is 9.88 Å². The van der Waals surface area contributed by atoms with Crippen LogP contribution in [0.3, 0.4) is 0 Å². The van der Waals surface area contributed by atoms with Gasteiger partial charge in [0.1, 0.15) is 17.3 Å². The van der Waals surface area contributed by atoms with Crippen molar-refractivity contribution in [2.45, 2.75) is 52.0 Å². The third-order valence-electron chi connectivity index (χ3n) is 7.79. The second kappa shape index (κ2) is 11.1. The first-order valence-electron chi connectivity index (χ1n) is 12.9. The number of anilines is 2. The highest BCUT2D eigenvalue weighted by atomic mass is 16.3. The molecule has 5 N–H and O–H groups in total. The molecule has 0 saturated carbocycles. The van der Waals surface area contributed by atoms with E-state index in [2.05, 4.69) is 59.9 Å². The van der Waals surface area contributed by atoms with Crippen molar-refractivity contribution in [3.05, 3.63) is 83.4 Å². The maximum Gasteiger partial charge on any atom is 0.153 e. The third-order valence-corrected chi connectivity index (χ3v) is 7.79. The number of likely N-dealkylation sites (tertiary alicyclic amines) is 1. The molecule has 3 atom stereocenters. The van der Waals surface area contributed by atoms with Crippen molar-refractivity contribution in [2.75, 3.05) is 24.6 Å². The number of nitrogens with zero attached hydrogens (tertiary/aromatic N) is 4. The molecule has 0 amide bonds. The van der Waals surface area contributed by atoms with E-state index >= 15 is 0 Å². The Balaban J connectivity index is 0.000000180. The van der Waals surface area contributed by atoms with Crippen LogP contribution in [-0.4, -0.2) is 34.1 Å². The number of nitrogen functional groups attached to an aromatic ring is 2. The van der Waals surface area contributed by atoms with Gasteiger partial charge in [-0.25, -0.2) is 4.98 Å². The largest absolute Gasteiger partial charge is 0.508 e. The van der Waals surface area contributed by atoms with Crippen LogP contribution in [0.1, 0.15) is 45.2 Å². The fraction of sp³-hybridized carbons (Fsp3) is 0.367. The Bertz CT molecular complexity index is 1280. The third kappa shape index (κ3) is 6.00. The van der Waals surface area contributed by atoms with Crippen molar-refractivity contribution in [3.63, 3.8) is 0 Å². The van der Waals surface area contributed by atoms with Gasteiger partial charge < -0.3 is 16.6 Å². The number of pyridine rings is 1. The number of phenolic OH excluding ortho intramolecular Hbond substituents is 1. The van der Waals surface area contributed by atoms with Crippen LogP contribution in [0, 0.1) is 5.92 Å². The Morgan fingerprint density at radius 1 is 1.11 bits per heavy atom. The molecule has 0 unspecified atom stereocenters. The molecule has 194 valence electrons. The second-order valence-corrected chi connectivity index (χ2v) is 10.5. The highest BCUT2D eigenvalue weighted by Gasteiger charge is 2.48. The van der Waals surface area contributed by atoms with Crippen LogP contribution < -0.4 is 11.5 Å². The maximum absolute atomic E-state index is 9.87. The molecule has 1 aliphatic carbocycles. The zero-order valence-electron chi connectivity index (χ0n) is 22.2. The van der Waals surface area contributed by atoms with Crippen LogP contribution in [0.2, 0.25) is 0 Å². The first kappa shape index (κ1) is 26.4. The normalized spacial score (nSPS) is 22.6. The lowest BCUT2D eigenvalue weighted by atomic mass is 9.59. The van der Waals surface area contributed by atoms with Gasteiger partial charge in [0, 0.05) is 12.6 Å². The lowest BCUT2D eigenvalue weighted by molar-refractivity contribution is 0.0397. The number of hydrogen-bond donors (Lipinski definition) is 3. The van der Waals surface area contributed by atoms with Gasteiger partial charge in [-0.3, -0.25) is 4.90 Å². The SMILES string of the molecule is CC(C)=CCN1CC[C@@]2(C)c3cc(O)ccc3C[C@@H]1[C@@H]2C.Nc1ccc(/N=N/c2ccccc2)c(N)n1. The number of fused-ring (bicyclic) bond motifs is 4. The molecule has 2 heterocycles. The molecular formula is C30H38N6O. The van der Waals surface area contributed by atoms with Crippen LogP contribution in [0.25, 0.3) is 0 Å². The van der Waals surface area contributed by atoms with Crippen LogP contribution in [0.5, 0.6) is 5.75 Å². The number of aromatic nitrogens is 1. The number of allylic oxidation sites excluding steroid dienone is 1. The van der Waals surface area contributed by atoms with Gasteiger partial charge in [-0.05, 0) is 92.1 Å². The molecule has 1 aliphatic heterocycles. The Hall–Kier alpha value is -3.71. The lowest BCUT2D eigenvalue weighted by Crippen LogP contribution is -2.57. The molecule has 1 fully saturated rings. The second-order valence-electron chi connectivity index (χ2n) is 10.5. The minimum Gasteiger partial charge on any atom is -0.508 e. The van der Waals surface area contributed by atoms with E-state index in [1.807, 2.05) is 42.5 Å². The Kier molecular flexibility index (Phi) is 7.93. The minimum atomic E-state index is 0.207. The molecule has 5 rings (SSSR count). The minimum absolute atomic E-state index is 0.207. The molecule has 37 heavy (non-hydrogen) atoms. The molecule has 3 aromatic rings. The summed E-state index contributed by atoms with van der Waals surface area (Å²) >= 11 is 0. The number of piperidine rings is 1. The van der Waals surface area contributed by atoms with E-state index in [0.29, 0.717) is 29.2 Å². The van der Waals surface area contributed by atoms with E-state index in [1.54, 1.807) is 12.1 Å². The lowest BCUT2D eigenvalue weighted by Gasteiger charge is -2.54. The number of rotatable bonds is 4. The molecule has 7 nitrogen and oxygen atoms in total. The summed E-state index contributed by atoms with van der Waals surface area (Å²) < 4.78 is 0. The van der Waals surface area contributed by atoms with Crippen molar-refractivity contribution in [3.8, 4) is 5.75 Å². The molecule has 2 aromatic carbocycles. The fourth-order valence-corrected chi connectivity index (χ4v) is 5.40. The Morgan fingerprint density at radius 3 is 2.57 bits per heavy atom. The zero-order valence-corrected chi connectivity index (χ0v) is 22.2. The van der Waals surface area contributed by atoms with E-state index in [4.69, 9.17) is 11.5 Å². The van der Waals surface area contributed by atoms with Crippen molar-refractivity contribution in [1.29, 1.82) is 0 Å². The van der Waals surface area contributed by atoms with Crippen LogP contribution in [-0.2, 0) is 11.8 Å². The van der Waals surface area contributed by atoms with E-state index in [1.165, 1.54) is 23.1 Å². The summed E-state index contributed by atoms with van der Waals surface area (Å²) in [5.41, 5.74) is 16.8. The van der Waals surface area contributed by atoms with Gasteiger partial charge in [-0.15, -0.1) is 5.11 Å². The van der Waals surface area contributed by atoms with Gasteiger partial charge in [0.2, 0.25) is 0 Å². The number of aromatic hydroxyl groups is 1. The van der Waals surface area contributed by atoms with Gasteiger partial charge >= 0.3 is 0 Å². The topological polar surface area (TPSA) is 113 Å². The molecule has 2 aliphatic rings. The van der Waals surface area contributed by atoms with Gasteiger partial charge in [0.05, 0.1) is 5.69 Å². The van der Waals surface area contributed by atoms with Crippen molar-refractivity contribution < 1.29 is 5.11 Å². The van der Waals surface area contributed by atoms with Crippen LogP contribution in [0.4, 0.5) is 23.0 Å². The van der Waals surface area contributed by atoms with E-state index < -0.39 is 0 Å². The first-order chi connectivity index (χ1) is 17.7. The highest BCUT2D eigenvalue weighted by Crippen LogP contribution is 2.49. The Morgan fingerprint density at radius 2 is 1.86 bits per heavy atom. The average Bonchev–Trinajstić information content (AvgIpc) is 2.87. The maximum atomic E-state index is 9.87. The van der Waals surface area contributed by atoms with Gasteiger partial charge in [-0.1, -0.05) is 49.8 Å². The monoisotopic (exact) mass is 498 g/mol. The zero-order chi connectivity index (χ0) is 26.6. The molecule has 0 radical (unpaired) electrons. The summed E-state index contributed by atoms with van der Waals surface area (Å²) in [5.74, 6) is 1.69. The summed E-state index contributed by atoms with van der Waals surface area (Å²) in [7, 11) is 0. The number of nitrogens with two attached hydrogens (primary N) is 2. The Labute approximate surface area is 219 Å².